The molecule has 1 aliphatic carbocycles. The molecule has 0 heterocycles. The van der Waals surface area contributed by atoms with Gasteiger partial charge in [-0.3, -0.25) is 0 Å². The molecule has 2 rings (SSSR count). The Morgan fingerprint density at radius 1 is 1.21 bits per heavy atom. The summed E-state index contributed by atoms with van der Waals surface area (Å²) < 4.78 is 0. The molecular weight excluding hydrogens is 230 g/mol. The lowest BCUT2D eigenvalue weighted by atomic mass is 9.70. The quantitative estimate of drug-likeness (QED) is 0.817. The average Bonchev–Trinajstić information content (AvgIpc) is 2.33. The maximum atomic E-state index is 3.84. The Hall–Kier alpha value is -0.820. The van der Waals surface area contributed by atoms with Crippen LogP contribution in [0.25, 0.3) is 0 Å². The first kappa shape index (κ1) is 14.6. The molecule has 1 aromatic rings. The summed E-state index contributed by atoms with van der Waals surface area (Å²) in [5, 5.41) is 3.84. The second kappa shape index (κ2) is 5.66. The standard InChI is InChI=1S/C18H29N/c1-13-6-8-16(9-7-13)15(3)19-17-10-11-18(4,5)12-14(17)2/h6-9,14-15,17,19H,10-12H2,1-5H3/t14?,15-,17?/m1/s1. The van der Waals surface area contributed by atoms with Gasteiger partial charge in [-0.05, 0) is 50.0 Å². The van der Waals surface area contributed by atoms with E-state index in [4.69, 9.17) is 0 Å². The molecule has 0 aliphatic heterocycles. The first-order valence-corrected chi connectivity index (χ1v) is 7.70. The molecular formula is C18H29N. The fraction of sp³-hybridized carbons (Fsp3) is 0.667. The van der Waals surface area contributed by atoms with Gasteiger partial charge in [0.1, 0.15) is 0 Å². The molecule has 0 aromatic heterocycles. The van der Waals surface area contributed by atoms with E-state index in [0.717, 1.165) is 5.92 Å². The molecule has 0 spiro atoms. The Balaban J connectivity index is 1.96. The minimum atomic E-state index is 0.453. The van der Waals surface area contributed by atoms with Crippen molar-refractivity contribution in [1.29, 1.82) is 0 Å². The topological polar surface area (TPSA) is 12.0 Å². The van der Waals surface area contributed by atoms with Gasteiger partial charge in [0.25, 0.3) is 0 Å². The van der Waals surface area contributed by atoms with Crippen molar-refractivity contribution in [2.75, 3.05) is 0 Å². The third-order valence-corrected chi connectivity index (χ3v) is 4.73. The fourth-order valence-corrected chi connectivity index (χ4v) is 3.47. The lowest BCUT2D eigenvalue weighted by molar-refractivity contribution is 0.143. The second-order valence-corrected chi connectivity index (χ2v) is 7.29. The number of hydrogen-bond donors (Lipinski definition) is 1. The molecule has 106 valence electrons. The zero-order valence-corrected chi connectivity index (χ0v) is 13.2. The van der Waals surface area contributed by atoms with Crippen molar-refractivity contribution in [3.8, 4) is 0 Å². The highest BCUT2D eigenvalue weighted by atomic mass is 15.0. The number of nitrogens with one attached hydrogen (secondary N) is 1. The number of aryl methyl sites for hydroxylation is 1. The molecule has 19 heavy (non-hydrogen) atoms. The molecule has 1 aromatic carbocycles. The number of hydrogen-bond acceptors (Lipinski definition) is 1. The van der Waals surface area contributed by atoms with Crippen LogP contribution in [0, 0.1) is 18.3 Å². The van der Waals surface area contributed by atoms with Crippen LogP contribution in [0.2, 0.25) is 0 Å². The highest BCUT2D eigenvalue weighted by Crippen LogP contribution is 2.39. The van der Waals surface area contributed by atoms with Gasteiger partial charge in [-0.15, -0.1) is 0 Å². The van der Waals surface area contributed by atoms with Crippen LogP contribution < -0.4 is 5.32 Å². The lowest BCUT2D eigenvalue weighted by Gasteiger charge is -2.40. The number of benzene rings is 1. The summed E-state index contributed by atoms with van der Waals surface area (Å²) in [6.07, 6.45) is 3.99. The summed E-state index contributed by atoms with van der Waals surface area (Å²) >= 11 is 0. The Morgan fingerprint density at radius 2 is 1.84 bits per heavy atom. The van der Waals surface area contributed by atoms with Crippen LogP contribution in [-0.4, -0.2) is 6.04 Å². The van der Waals surface area contributed by atoms with Gasteiger partial charge in [0.2, 0.25) is 0 Å². The zero-order chi connectivity index (χ0) is 14.0. The van der Waals surface area contributed by atoms with E-state index in [1.165, 1.54) is 30.4 Å². The third kappa shape index (κ3) is 3.82. The summed E-state index contributed by atoms with van der Waals surface area (Å²) in [6.45, 7) is 11.6. The Bertz CT molecular complexity index is 404. The van der Waals surface area contributed by atoms with Gasteiger partial charge in [0, 0.05) is 12.1 Å². The zero-order valence-electron chi connectivity index (χ0n) is 13.2. The van der Waals surface area contributed by atoms with Crippen LogP contribution in [-0.2, 0) is 0 Å². The van der Waals surface area contributed by atoms with E-state index >= 15 is 0 Å². The molecule has 1 heteroatoms. The average molecular weight is 259 g/mol. The van der Waals surface area contributed by atoms with Crippen LogP contribution in [0.15, 0.2) is 24.3 Å². The molecule has 1 saturated carbocycles. The summed E-state index contributed by atoms with van der Waals surface area (Å²) in [7, 11) is 0. The van der Waals surface area contributed by atoms with Crippen LogP contribution in [0.1, 0.15) is 64.1 Å². The minimum Gasteiger partial charge on any atom is -0.307 e. The summed E-state index contributed by atoms with van der Waals surface area (Å²) in [5.74, 6) is 0.775. The van der Waals surface area contributed by atoms with E-state index in [-0.39, 0.29) is 0 Å². The summed E-state index contributed by atoms with van der Waals surface area (Å²) in [6, 6.07) is 10.1. The predicted molar refractivity (Wildman–Crippen MR) is 83.3 cm³/mol. The van der Waals surface area contributed by atoms with Gasteiger partial charge in [0.05, 0.1) is 0 Å². The highest BCUT2D eigenvalue weighted by molar-refractivity contribution is 5.23. The Morgan fingerprint density at radius 3 is 2.42 bits per heavy atom. The van der Waals surface area contributed by atoms with Crippen molar-refractivity contribution in [1.82, 2.24) is 5.32 Å². The molecule has 0 saturated heterocycles. The first-order chi connectivity index (χ1) is 8.87. The van der Waals surface area contributed by atoms with E-state index in [1.54, 1.807) is 0 Å². The second-order valence-electron chi connectivity index (χ2n) is 7.29. The van der Waals surface area contributed by atoms with Gasteiger partial charge in [-0.1, -0.05) is 50.6 Å². The lowest BCUT2D eigenvalue weighted by Crippen LogP contribution is -2.42. The normalized spacial score (nSPS) is 28.1. The van der Waals surface area contributed by atoms with Crippen LogP contribution in [0.5, 0.6) is 0 Å². The minimum absolute atomic E-state index is 0.453. The van der Waals surface area contributed by atoms with Crippen LogP contribution in [0.3, 0.4) is 0 Å². The van der Waals surface area contributed by atoms with Crippen molar-refractivity contribution in [3.05, 3.63) is 35.4 Å². The molecule has 1 N–H and O–H groups in total. The molecule has 2 unspecified atom stereocenters. The fourth-order valence-electron chi connectivity index (χ4n) is 3.47. The maximum absolute atomic E-state index is 3.84. The molecule has 1 nitrogen and oxygen atoms in total. The van der Waals surface area contributed by atoms with E-state index in [1.807, 2.05) is 0 Å². The molecule has 0 bridgehead atoms. The number of rotatable bonds is 3. The smallest absolute Gasteiger partial charge is 0.0294 e. The van der Waals surface area contributed by atoms with Crippen molar-refractivity contribution in [3.63, 3.8) is 0 Å². The maximum Gasteiger partial charge on any atom is 0.0294 e. The van der Waals surface area contributed by atoms with Crippen molar-refractivity contribution in [2.24, 2.45) is 11.3 Å². The van der Waals surface area contributed by atoms with Crippen molar-refractivity contribution >= 4 is 0 Å². The Labute approximate surface area is 118 Å². The van der Waals surface area contributed by atoms with Gasteiger partial charge in [-0.2, -0.15) is 0 Å². The third-order valence-electron chi connectivity index (χ3n) is 4.73. The monoisotopic (exact) mass is 259 g/mol. The van der Waals surface area contributed by atoms with E-state index < -0.39 is 0 Å². The van der Waals surface area contributed by atoms with Crippen LogP contribution >= 0.6 is 0 Å². The van der Waals surface area contributed by atoms with Crippen molar-refractivity contribution in [2.45, 2.75) is 66.0 Å². The SMILES string of the molecule is Cc1ccc([C@@H](C)NC2CCC(C)(C)CC2C)cc1. The first-order valence-electron chi connectivity index (χ1n) is 7.70. The molecule has 3 atom stereocenters. The highest BCUT2D eigenvalue weighted by Gasteiger charge is 2.32. The molecule has 1 fully saturated rings. The summed E-state index contributed by atoms with van der Waals surface area (Å²) in [5.41, 5.74) is 3.27. The van der Waals surface area contributed by atoms with Crippen LogP contribution in [0.4, 0.5) is 0 Å². The molecule has 0 radical (unpaired) electrons. The largest absolute Gasteiger partial charge is 0.307 e. The summed E-state index contributed by atoms with van der Waals surface area (Å²) in [4.78, 5) is 0. The van der Waals surface area contributed by atoms with Gasteiger partial charge in [0.15, 0.2) is 0 Å². The van der Waals surface area contributed by atoms with E-state index in [9.17, 15) is 0 Å². The van der Waals surface area contributed by atoms with E-state index in [2.05, 4.69) is 64.2 Å². The van der Waals surface area contributed by atoms with Gasteiger partial charge < -0.3 is 5.32 Å². The molecule has 1 aliphatic rings. The van der Waals surface area contributed by atoms with Gasteiger partial charge in [-0.25, -0.2) is 0 Å². The van der Waals surface area contributed by atoms with Gasteiger partial charge >= 0.3 is 0 Å². The van der Waals surface area contributed by atoms with E-state index in [0.29, 0.717) is 17.5 Å². The predicted octanol–water partition coefficient (Wildman–Crippen LogP) is 4.86. The molecule has 0 amide bonds. The van der Waals surface area contributed by atoms with Crippen molar-refractivity contribution < 1.29 is 0 Å². The Kier molecular flexibility index (Phi) is 4.35.